The normalized spacial score (nSPS) is 22.6. The molecule has 0 radical (unpaired) electrons. The number of alkyl carbamates (subject to hydrolysis) is 1. The van der Waals surface area contributed by atoms with Crippen LogP contribution in [0.1, 0.15) is 25.8 Å². The SMILES string of the molecule is CC(C)CNc1ccc(S(=O)(=O)NC[C@H](O)[C@H](Cc2ccccc2)NC(=O)O[C@H]2CO[C@H]3OCC[C@H]32)cc1. The van der Waals surface area contributed by atoms with Crippen LogP contribution in [0.5, 0.6) is 0 Å². The van der Waals surface area contributed by atoms with E-state index in [1.165, 1.54) is 12.1 Å². The third-order valence-electron chi connectivity index (χ3n) is 6.67. The standard InChI is InChI=1S/C27H37N3O7S/c1-18(2)15-28-20-8-10-21(11-9-20)38(33,34)29-16-24(31)23(14-19-6-4-3-5-7-19)30-27(32)37-25-17-36-26-22(25)12-13-35-26/h3-11,18,22-26,28-29,31H,12-17H2,1-2H3,(H,30,32)/t22-,23-,24-,25-,26+/m0/s1. The Morgan fingerprint density at radius 2 is 1.82 bits per heavy atom. The van der Waals surface area contributed by atoms with Crippen molar-refractivity contribution in [3.63, 3.8) is 0 Å². The Bertz CT molecular complexity index is 1150. The largest absolute Gasteiger partial charge is 0.443 e. The second-order valence-corrected chi connectivity index (χ2v) is 11.9. The van der Waals surface area contributed by atoms with Gasteiger partial charge in [0.15, 0.2) is 6.29 Å². The summed E-state index contributed by atoms with van der Waals surface area (Å²) in [6, 6.07) is 15.0. The van der Waals surface area contributed by atoms with Crippen LogP contribution in [0.3, 0.4) is 0 Å². The molecule has 2 aliphatic heterocycles. The minimum absolute atomic E-state index is 0.0166. The molecule has 0 aromatic heterocycles. The van der Waals surface area contributed by atoms with E-state index < -0.39 is 34.4 Å². The first-order chi connectivity index (χ1) is 18.2. The fourth-order valence-electron chi connectivity index (χ4n) is 4.52. The Hall–Kier alpha value is -2.70. The van der Waals surface area contributed by atoms with Gasteiger partial charge in [-0.05, 0) is 48.6 Å². The number of hydrogen-bond acceptors (Lipinski definition) is 8. The van der Waals surface area contributed by atoms with Crippen LogP contribution in [0.25, 0.3) is 0 Å². The highest BCUT2D eigenvalue weighted by atomic mass is 32.2. The summed E-state index contributed by atoms with van der Waals surface area (Å²) in [4.78, 5) is 12.8. The number of benzene rings is 2. The first kappa shape index (κ1) is 28.3. The highest BCUT2D eigenvalue weighted by Gasteiger charge is 2.44. The summed E-state index contributed by atoms with van der Waals surface area (Å²) in [6.45, 7) is 5.47. The van der Waals surface area contributed by atoms with E-state index in [0.29, 0.717) is 12.5 Å². The second-order valence-electron chi connectivity index (χ2n) is 10.1. The van der Waals surface area contributed by atoms with E-state index in [1.807, 2.05) is 30.3 Å². The maximum Gasteiger partial charge on any atom is 0.407 e. The van der Waals surface area contributed by atoms with E-state index in [4.69, 9.17) is 14.2 Å². The van der Waals surface area contributed by atoms with Crippen molar-refractivity contribution in [2.75, 3.05) is 31.6 Å². The summed E-state index contributed by atoms with van der Waals surface area (Å²) in [7, 11) is -3.88. The van der Waals surface area contributed by atoms with Gasteiger partial charge in [-0.25, -0.2) is 17.9 Å². The third-order valence-corrected chi connectivity index (χ3v) is 8.11. The molecule has 10 nitrogen and oxygen atoms in total. The van der Waals surface area contributed by atoms with E-state index in [2.05, 4.69) is 29.2 Å². The minimum atomic E-state index is -3.88. The molecular weight excluding hydrogens is 510 g/mol. The van der Waals surface area contributed by atoms with Crippen molar-refractivity contribution < 1.29 is 32.5 Å². The average molecular weight is 548 g/mol. The van der Waals surface area contributed by atoms with Crippen molar-refractivity contribution >= 4 is 21.8 Å². The molecule has 0 unspecified atom stereocenters. The Morgan fingerprint density at radius 1 is 1.08 bits per heavy atom. The molecule has 4 rings (SSSR count). The summed E-state index contributed by atoms with van der Waals surface area (Å²) >= 11 is 0. The number of amides is 1. The Balaban J connectivity index is 1.37. The van der Waals surface area contributed by atoms with E-state index in [-0.39, 0.29) is 36.7 Å². The fourth-order valence-corrected chi connectivity index (χ4v) is 5.57. The monoisotopic (exact) mass is 547 g/mol. The van der Waals surface area contributed by atoms with Gasteiger partial charge in [-0.1, -0.05) is 44.2 Å². The van der Waals surface area contributed by atoms with Gasteiger partial charge in [-0.15, -0.1) is 0 Å². The molecule has 2 aromatic rings. The van der Waals surface area contributed by atoms with Crippen LogP contribution in [0.4, 0.5) is 10.5 Å². The lowest BCUT2D eigenvalue weighted by Crippen LogP contribution is -2.50. The molecule has 2 saturated heterocycles. The lowest BCUT2D eigenvalue weighted by Gasteiger charge is -2.25. The van der Waals surface area contributed by atoms with Crippen molar-refractivity contribution in [1.82, 2.24) is 10.0 Å². The van der Waals surface area contributed by atoms with E-state index >= 15 is 0 Å². The molecular formula is C27H37N3O7S. The zero-order valence-corrected chi connectivity index (χ0v) is 22.5. The first-order valence-electron chi connectivity index (χ1n) is 13.0. The summed E-state index contributed by atoms with van der Waals surface area (Å²) in [5.74, 6) is 0.438. The van der Waals surface area contributed by atoms with E-state index in [1.54, 1.807) is 12.1 Å². The van der Waals surface area contributed by atoms with E-state index in [0.717, 1.165) is 24.2 Å². The number of anilines is 1. The van der Waals surface area contributed by atoms with Crippen LogP contribution < -0.4 is 15.4 Å². The Morgan fingerprint density at radius 3 is 2.53 bits per heavy atom. The second kappa shape index (κ2) is 12.9. The Labute approximate surface area is 224 Å². The van der Waals surface area contributed by atoms with Crippen molar-refractivity contribution in [2.45, 2.75) is 56.1 Å². The molecule has 2 fully saturated rings. The summed E-state index contributed by atoms with van der Waals surface area (Å²) < 4.78 is 44.8. The number of fused-ring (bicyclic) bond motifs is 1. The van der Waals surface area contributed by atoms with Crippen LogP contribution in [0, 0.1) is 11.8 Å². The number of carbonyl (C=O) groups excluding carboxylic acids is 1. The van der Waals surface area contributed by atoms with Gasteiger partial charge in [0.1, 0.15) is 6.10 Å². The topological polar surface area (TPSA) is 135 Å². The molecule has 0 bridgehead atoms. The van der Waals surface area contributed by atoms with Crippen molar-refractivity contribution in [2.24, 2.45) is 11.8 Å². The van der Waals surface area contributed by atoms with Crippen LogP contribution >= 0.6 is 0 Å². The van der Waals surface area contributed by atoms with Gasteiger partial charge < -0.3 is 30.0 Å². The number of sulfonamides is 1. The van der Waals surface area contributed by atoms with Gasteiger partial charge in [0.2, 0.25) is 10.0 Å². The molecule has 2 aromatic carbocycles. The molecule has 5 atom stereocenters. The summed E-state index contributed by atoms with van der Waals surface area (Å²) in [6.07, 6.45) is -1.67. The quantitative estimate of drug-likeness (QED) is 0.318. The lowest BCUT2D eigenvalue weighted by molar-refractivity contribution is -0.0907. The third kappa shape index (κ3) is 7.67. The summed E-state index contributed by atoms with van der Waals surface area (Å²) in [5, 5.41) is 16.9. The maximum atomic E-state index is 12.9. The van der Waals surface area contributed by atoms with Gasteiger partial charge in [-0.3, -0.25) is 0 Å². The predicted octanol–water partition coefficient (Wildman–Crippen LogP) is 2.49. The number of hydrogen-bond donors (Lipinski definition) is 4. The van der Waals surface area contributed by atoms with Gasteiger partial charge >= 0.3 is 6.09 Å². The number of carbonyl (C=O) groups is 1. The van der Waals surface area contributed by atoms with Crippen molar-refractivity contribution in [3.8, 4) is 0 Å². The van der Waals surface area contributed by atoms with E-state index in [9.17, 15) is 18.3 Å². The molecule has 0 saturated carbocycles. The van der Waals surface area contributed by atoms with Crippen LogP contribution in [0.15, 0.2) is 59.5 Å². The zero-order chi connectivity index (χ0) is 27.1. The minimum Gasteiger partial charge on any atom is -0.443 e. The average Bonchev–Trinajstić information content (AvgIpc) is 3.52. The molecule has 11 heteroatoms. The number of nitrogens with one attached hydrogen (secondary N) is 3. The zero-order valence-electron chi connectivity index (χ0n) is 21.7. The first-order valence-corrected chi connectivity index (χ1v) is 14.5. The molecule has 0 aliphatic carbocycles. The smallest absolute Gasteiger partial charge is 0.407 e. The number of ether oxygens (including phenoxy) is 3. The van der Waals surface area contributed by atoms with Crippen molar-refractivity contribution in [3.05, 3.63) is 60.2 Å². The Kier molecular flexibility index (Phi) is 9.61. The molecule has 2 heterocycles. The maximum absolute atomic E-state index is 12.9. The number of aliphatic hydroxyl groups is 1. The molecule has 38 heavy (non-hydrogen) atoms. The number of rotatable bonds is 12. The molecule has 4 N–H and O–H groups in total. The lowest BCUT2D eigenvalue weighted by atomic mass is 10.0. The highest BCUT2D eigenvalue weighted by molar-refractivity contribution is 7.89. The van der Waals surface area contributed by atoms with Crippen molar-refractivity contribution in [1.29, 1.82) is 0 Å². The molecule has 0 spiro atoms. The van der Waals surface area contributed by atoms with Gasteiger partial charge in [0.05, 0.1) is 36.2 Å². The fraction of sp³-hybridized carbons (Fsp3) is 0.519. The van der Waals surface area contributed by atoms with Gasteiger partial charge in [-0.2, -0.15) is 0 Å². The van der Waals surface area contributed by atoms with Gasteiger partial charge in [0, 0.05) is 18.8 Å². The number of aliphatic hydroxyl groups excluding tert-OH is 1. The van der Waals surface area contributed by atoms with Crippen LogP contribution in [-0.4, -0.2) is 70.5 Å². The molecule has 208 valence electrons. The predicted molar refractivity (Wildman–Crippen MR) is 142 cm³/mol. The van der Waals surface area contributed by atoms with Crippen LogP contribution in [0.2, 0.25) is 0 Å². The van der Waals surface area contributed by atoms with Crippen LogP contribution in [-0.2, 0) is 30.7 Å². The highest BCUT2D eigenvalue weighted by Crippen LogP contribution is 2.33. The molecule has 1 amide bonds. The summed E-state index contributed by atoms with van der Waals surface area (Å²) in [5.41, 5.74) is 1.70. The van der Waals surface area contributed by atoms with Gasteiger partial charge in [0.25, 0.3) is 0 Å². The molecule has 2 aliphatic rings.